The van der Waals surface area contributed by atoms with E-state index in [-0.39, 0.29) is 0 Å². The van der Waals surface area contributed by atoms with Gasteiger partial charge < -0.3 is 9.13 Å². The molecule has 0 spiro atoms. The van der Waals surface area contributed by atoms with Crippen LogP contribution in [0.1, 0.15) is 16.7 Å². The molecule has 15 rings (SSSR count). The lowest BCUT2D eigenvalue weighted by Gasteiger charge is -2.19. The zero-order chi connectivity index (χ0) is 59.2. The van der Waals surface area contributed by atoms with Gasteiger partial charge in [0.2, 0.25) is 0 Å². The first-order valence-corrected chi connectivity index (χ1v) is 28.5. The minimum atomic E-state index is 0.457. The zero-order valence-corrected chi connectivity index (χ0v) is 46.9. The molecule has 0 fully saturated rings. The summed E-state index contributed by atoms with van der Waals surface area (Å²) < 4.78 is 4.55. The zero-order valence-electron chi connectivity index (χ0n) is 46.9. The molecule has 10 heteroatoms. The van der Waals surface area contributed by atoms with E-state index in [2.05, 4.69) is 123 Å². The first kappa shape index (κ1) is 52.0. The number of fused-ring (bicyclic) bond motifs is 6. The minimum Gasteiger partial charge on any atom is -0.309 e. The quantitative estimate of drug-likeness (QED) is 0.124. The summed E-state index contributed by atoms with van der Waals surface area (Å²) in [4.78, 5) is 24.6. The molecule has 11 aromatic carbocycles. The fourth-order valence-corrected chi connectivity index (χ4v) is 12.4. The van der Waals surface area contributed by atoms with Crippen molar-refractivity contribution >= 4 is 49.3 Å². The third kappa shape index (κ3) is 8.87. The van der Waals surface area contributed by atoms with E-state index >= 15 is 0 Å². The molecule has 15 aromatic rings. The molecule has 0 saturated carbocycles. The van der Waals surface area contributed by atoms with E-state index < -0.39 is 0 Å². The molecule has 0 saturated heterocycles. The number of rotatable bonds is 10. The van der Waals surface area contributed by atoms with Crippen molar-refractivity contribution in [1.82, 2.24) is 29.1 Å². The van der Waals surface area contributed by atoms with Crippen molar-refractivity contribution in [3.63, 3.8) is 0 Å². The van der Waals surface area contributed by atoms with Gasteiger partial charge in [-0.2, -0.15) is 15.8 Å². The Morgan fingerprint density at radius 2 is 0.739 bits per heavy atom. The summed E-state index contributed by atoms with van der Waals surface area (Å²) in [6, 6.07) is 91.7. The average molecular weight is 1120 g/mol. The van der Waals surface area contributed by atoms with Crippen molar-refractivity contribution in [3.05, 3.63) is 295 Å². The largest absolute Gasteiger partial charge is 0.309 e. The van der Waals surface area contributed by atoms with Crippen LogP contribution in [-0.4, -0.2) is 29.1 Å². The summed E-state index contributed by atoms with van der Waals surface area (Å²) in [6.45, 7) is 8.09. The van der Waals surface area contributed by atoms with Gasteiger partial charge in [0.1, 0.15) is 0 Å². The van der Waals surface area contributed by atoms with E-state index in [9.17, 15) is 15.8 Å². The summed E-state index contributed by atoms with van der Waals surface area (Å²) in [5.41, 5.74) is 18.5. The van der Waals surface area contributed by atoms with E-state index in [0.717, 1.165) is 127 Å². The number of hydrogen-bond donors (Lipinski definition) is 0. The minimum absolute atomic E-state index is 0.457. The highest BCUT2D eigenvalue weighted by Gasteiger charge is 2.25. The van der Waals surface area contributed by atoms with Gasteiger partial charge in [0.15, 0.2) is 23.2 Å². The van der Waals surface area contributed by atoms with Crippen molar-refractivity contribution in [3.8, 4) is 119 Å². The molecular weight excluding hydrogens is 1080 g/mol. The van der Waals surface area contributed by atoms with Gasteiger partial charge in [0, 0.05) is 61.9 Å². The van der Waals surface area contributed by atoms with Gasteiger partial charge in [-0.05, 0) is 141 Å². The lowest BCUT2D eigenvalue weighted by Crippen LogP contribution is -2.04. The number of benzene rings is 11. The van der Waals surface area contributed by atoms with Crippen LogP contribution in [0.25, 0.3) is 150 Å². The smallest absolute Gasteiger partial charge is 0.194 e. The molecule has 0 amide bonds. The molecule has 0 unspecified atom stereocenters. The monoisotopic (exact) mass is 1120 g/mol. The third-order valence-electron chi connectivity index (χ3n) is 16.5. The van der Waals surface area contributed by atoms with Crippen LogP contribution in [0.2, 0.25) is 0 Å². The highest BCUT2D eigenvalue weighted by atomic mass is 15.0. The molecule has 0 aliphatic carbocycles. The van der Waals surface area contributed by atoms with E-state index in [1.165, 1.54) is 0 Å². The molecule has 0 bridgehead atoms. The van der Waals surface area contributed by atoms with Gasteiger partial charge in [-0.25, -0.2) is 19.8 Å². The Morgan fingerprint density at radius 1 is 0.330 bits per heavy atom. The highest BCUT2D eigenvalue weighted by Crippen LogP contribution is 2.45. The number of pyridine rings is 1. The van der Waals surface area contributed by atoms with E-state index in [0.29, 0.717) is 39.9 Å². The summed E-state index contributed by atoms with van der Waals surface area (Å²) in [6.07, 6.45) is 3.73. The van der Waals surface area contributed by atoms with Gasteiger partial charge >= 0.3 is 0 Å². The summed E-state index contributed by atoms with van der Waals surface area (Å²) >= 11 is 0. The number of nitriles is 3. The van der Waals surface area contributed by atoms with Crippen LogP contribution in [0.4, 0.5) is 5.69 Å². The van der Waals surface area contributed by atoms with E-state index in [1.54, 1.807) is 0 Å². The highest BCUT2D eigenvalue weighted by molar-refractivity contribution is 6.14. The molecule has 406 valence electrons. The van der Waals surface area contributed by atoms with Crippen LogP contribution in [0.15, 0.2) is 267 Å². The van der Waals surface area contributed by atoms with Crippen molar-refractivity contribution < 1.29 is 0 Å². The Balaban J connectivity index is 1.02. The molecule has 10 nitrogen and oxygen atoms in total. The molecule has 0 N–H and O–H groups in total. The number of hydrogen-bond acceptors (Lipinski definition) is 7. The average Bonchev–Trinajstić information content (AvgIpc) is 1.70. The van der Waals surface area contributed by atoms with Gasteiger partial charge in [0.05, 0.1) is 69.2 Å². The maximum atomic E-state index is 10.3. The first-order chi connectivity index (χ1) is 43.5. The SMILES string of the molecule is [C-]#[N+]c1ccccc1-c1ccc2c(c1)c1cc(-c3ccccc3C#N)ccc1n2-c1ccc(-c2nc(-c3ccccc3)nc(-c3ccccc3)n2)c(-c2cnccc2-n2c3ccc(-c4ccccc4C#N)cc3c3cc(-c4ccccc4C#N)ccc32)c1. The van der Waals surface area contributed by atoms with Crippen molar-refractivity contribution in [2.75, 3.05) is 0 Å². The van der Waals surface area contributed by atoms with Crippen molar-refractivity contribution in [1.29, 1.82) is 15.8 Å². The Morgan fingerprint density at radius 3 is 1.20 bits per heavy atom. The van der Waals surface area contributed by atoms with Gasteiger partial charge in [0.25, 0.3) is 0 Å². The fraction of sp³-hybridized carbons (Fsp3) is 0. The molecular formula is C78H44N10. The Labute approximate surface area is 506 Å². The predicted molar refractivity (Wildman–Crippen MR) is 350 cm³/mol. The van der Waals surface area contributed by atoms with Crippen molar-refractivity contribution in [2.24, 2.45) is 0 Å². The maximum absolute atomic E-state index is 10.3. The Kier molecular flexibility index (Phi) is 12.8. The van der Waals surface area contributed by atoms with Crippen LogP contribution in [-0.2, 0) is 0 Å². The van der Waals surface area contributed by atoms with Gasteiger partial charge in [-0.3, -0.25) is 4.98 Å². The van der Waals surface area contributed by atoms with Gasteiger partial charge in [-0.1, -0.05) is 164 Å². The van der Waals surface area contributed by atoms with Crippen LogP contribution >= 0.6 is 0 Å². The number of para-hydroxylation sites is 1. The summed E-state index contributed by atoms with van der Waals surface area (Å²) in [7, 11) is 0. The van der Waals surface area contributed by atoms with Crippen LogP contribution in [0.5, 0.6) is 0 Å². The number of nitrogens with zero attached hydrogens (tertiary/aromatic N) is 10. The Bertz CT molecular complexity index is 5230. The standard InChI is InChI=1S/C78H44N10/c1-82-70-27-15-14-26-62(70)54-31-35-72-66(43-54)65-40-51(59-23-11-8-20-55(59)45-79)28-34-71(65)87(72)58-32-33-63(78-85-76(49-16-4-2-5-17-49)84-77(86-78)50-18-6-3-7-19-50)64(44-58)69-48-83-39-38-75(69)88-73-36-29-52(60-24-12-9-21-56(60)46-80)41-67(73)68-42-53(30-37-74(68)88)61-25-13-10-22-57(61)47-81/h2-44,48H. The summed E-state index contributed by atoms with van der Waals surface area (Å²) in [5, 5.41) is 34.8. The van der Waals surface area contributed by atoms with Crippen molar-refractivity contribution in [2.45, 2.75) is 0 Å². The topological polar surface area (TPSA) is 137 Å². The van der Waals surface area contributed by atoms with Crippen LogP contribution in [0.3, 0.4) is 0 Å². The van der Waals surface area contributed by atoms with E-state index in [1.807, 2.05) is 176 Å². The van der Waals surface area contributed by atoms with Gasteiger partial charge in [-0.15, -0.1) is 0 Å². The fourth-order valence-electron chi connectivity index (χ4n) is 12.4. The second-order valence-corrected chi connectivity index (χ2v) is 21.4. The van der Waals surface area contributed by atoms with Crippen LogP contribution in [0, 0.1) is 40.6 Å². The summed E-state index contributed by atoms with van der Waals surface area (Å²) in [5.74, 6) is 1.49. The molecule has 0 aliphatic heterocycles. The molecule has 0 atom stereocenters. The lowest BCUT2D eigenvalue weighted by atomic mass is 9.96. The molecule has 0 aliphatic rings. The lowest BCUT2D eigenvalue weighted by molar-refractivity contribution is 1.07. The van der Waals surface area contributed by atoms with E-state index in [4.69, 9.17) is 26.5 Å². The second kappa shape index (κ2) is 21.7. The Hall–Kier alpha value is -12.9. The maximum Gasteiger partial charge on any atom is 0.194 e. The first-order valence-electron chi connectivity index (χ1n) is 28.5. The predicted octanol–water partition coefficient (Wildman–Crippen LogP) is 19.0. The normalized spacial score (nSPS) is 11.1. The third-order valence-corrected chi connectivity index (χ3v) is 16.5. The molecule has 0 radical (unpaired) electrons. The molecule has 88 heavy (non-hydrogen) atoms. The second-order valence-electron chi connectivity index (χ2n) is 21.4. The van der Waals surface area contributed by atoms with Crippen LogP contribution < -0.4 is 0 Å². The number of aromatic nitrogens is 6. The molecule has 4 aromatic heterocycles. The molecule has 4 heterocycles.